The van der Waals surface area contributed by atoms with Gasteiger partial charge in [0.05, 0.1) is 23.3 Å². The second-order valence-electron chi connectivity index (χ2n) is 12.7. The lowest BCUT2D eigenvalue weighted by Crippen LogP contribution is -2.49. The zero-order valence-electron chi connectivity index (χ0n) is 22.3. The van der Waals surface area contributed by atoms with Gasteiger partial charge in [-0.1, -0.05) is 13.8 Å². The summed E-state index contributed by atoms with van der Waals surface area (Å²) < 4.78 is 31.4. The summed E-state index contributed by atoms with van der Waals surface area (Å²) in [6.45, 7) is 9.56. The zero-order valence-corrected chi connectivity index (χ0v) is 23.1. The number of nitrogens with one attached hydrogen (secondary N) is 3. The fourth-order valence-corrected chi connectivity index (χ4v) is 9.95. The van der Waals surface area contributed by atoms with E-state index in [9.17, 15) is 18.3 Å². The number of aliphatic hydroxyl groups excluding tert-OH is 1. The van der Waals surface area contributed by atoms with Crippen LogP contribution in [0.2, 0.25) is 0 Å². The first-order chi connectivity index (χ1) is 17.5. The molecule has 0 radical (unpaired) electrons. The normalized spacial score (nSPS) is 34.1. The van der Waals surface area contributed by atoms with Crippen molar-refractivity contribution in [3.8, 4) is 0 Å². The van der Waals surface area contributed by atoms with Gasteiger partial charge in [0.25, 0.3) is 0 Å². The lowest BCUT2D eigenvalue weighted by atomic mass is 9.70. The van der Waals surface area contributed by atoms with Gasteiger partial charge < -0.3 is 15.4 Å². The van der Waals surface area contributed by atoms with E-state index in [0.717, 1.165) is 51.0 Å². The first kappa shape index (κ1) is 25.7. The average molecular weight is 535 g/mol. The highest BCUT2D eigenvalue weighted by Crippen LogP contribution is 2.64. The Labute approximate surface area is 220 Å². The van der Waals surface area contributed by atoms with E-state index in [4.69, 9.17) is 4.98 Å². The summed E-state index contributed by atoms with van der Waals surface area (Å²) >= 11 is 0. The Morgan fingerprint density at radius 2 is 1.95 bits per heavy atom. The highest BCUT2D eigenvalue weighted by atomic mass is 32.2. The second kappa shape index (κ2) is 9.01. The maximum Gasteiger partial charge on any atom is 0.212 e. The van der Waals surface area contributed by atoms with Gasteiger partial charge in [0.2, 0.25) is 10.0 Å². The van der Waals surface area contributed by atoms with Gasteiger partial charge in [0.15, 0.2) is 5.82 Å². The van der Waals surface area contributed by atoms with Crippen LogP contribution in [-0.2, 0) is 21.4 Å². The molecule has 0 aromatic carbocycles. The smallest absolute Gasteiger partial charge is 0.212 e. The largest absolute Gasteiger partial charge is 0.385 e. The van der Waals surface area contributed by atoms with Crippen molar-refractivity contribution in [2.45, 2.75) is 84.0 Å². The molecule has 2 saturated carbocycles. The van der Waals surface area contributed by atoms with E-state index in [1.54, 1.807) is 6.92 Å². The average Bonchev–Trinajstić information content (AvgIpc) is 3.57. The maximum absolute atomic E-state index is 13.2. The van der Waals surface area contributed by atoms with Crippen molar-refractivity contribution in [3.05, 3.63) is 17.2 Å². The number of imidazole rings is 1. The number of rotatable bonds is 7. The third kappa shape index (κ3) is 4.07. The molecule has 4 heterocycles. The van der Waals surface area contributed by atoms with E-state index in [0.29, 0.717) is 43.6 Å². The molecule has 206 valence electrons. The third-order valence-corrected chi connectivity index (χ3v) is 11.9. The van der Waals surface area contributed by atoms with E-state index in [1.807, 2.05) is 0 Å². The number of carbonyl (C=O) groups is 1. The Kier molecular flexibility index (Phi) is 6.27. The quantitative estimate of drug-likeness (QED) is 0.410. The lowest BCUT2D eigenvalue weighted by molar-refractivity contribution is -0.128. The molecule has 6 rings (SSSR count). The van der Waals surface area contributed by atoms with Crippen molar-refractivity contribution < 1.29 is 18.3 Å². The van der Waals surface area contributed by atoms with E-state index in [-0.39, 0.29) is 29.0 Å². The van der Waals surface area contributed by atoms with Crippen molar-refractivity contribution >= 4 is 15.8 Å². The molecule has 2 unspecified atom stereocenters. The molecule has 2 aliphatic carbocycles. The summed E-state index contributed by atoms with van der Waals surface area (Å²) in [5, 5.41) is 19.9. The summed E-state index contributed by atoms with van der Waals surface area (Å²) in [5.41, 5.74) is 1.25. The monoisotopic (exact) mass is 534 g/mol. The molecule has 4 N–H and O–H groups in total. The van der Waals surface area contributed by atoms with Crippen LogP contribution in [0.5, 0.6) is 0 Å². The van der Waals surface area contributed by atoms with E-state index in [1.165, 1.54) is 5.69 Å². The molecule has 4 fully saturated rings. The Morgan fingerprint density at radius 3 is 2.59 bits per heavy atom. The molecular weight excluding hydrogens is 492 g/mol. The molecule has 2 bridgehead atoms. The molecule has 1 aromatic heterocycles. The highest BCUT2D eigenvalue weighted by Gasteiger charge is 2.65. The van der Waals surface area contributed by atoms with Crippen molar-refractivity contribution in [1.29, 1.82) is 0 Å². The van der Waals surface area contributed by atoms with Crippen LogP contribution in [0.15, 0.2) is 0 Å². The second-order valence-corrected chi connectivity index (χ2v) is 14.5. The van der Waals surface area contributed by atoms with Crippen LogP contribution in [0.1, 0.15) is 88.5 Å². The number of Topliss-reactive ketones (excluding diaryl/α,β-unsaturated/α-hetero) is 1. The van der Waals surface area contributed by atoms with Crippen LogP contribution >= 0.6 is 0 Å². The van der Waals surface area contributed by atoms with E-state index < -0.39 is 21.5 Å². The van der Waals surface area contributed by atoms with Gasteiger partial charge in [0.1, 0.15) is 11.9 Å². The van der Waals surface area contributed by atoms with E-state index in [2.05, 4.69) is 38.9 Å². The number of ketones is 1. The number of sulfonamides is 1. The minimum absolute atomic E-state index is 0.0786. The predicted molar refractivity (Wildman–Crippen MR) is 140 cm³/mol. The summed E-state index contributed by atoms with van der Waals surface area (Å²) in [6, 6.07) is 0. The summed E-state index contributed by atoms with van der Waals surface area (Å²) in [4.78, 5) is 17.6. The highest BCUT2D eigenvalue weighted by molar-refractivity contribution is 7.89. The van der Waals surface area contributed by atoms with Gasteiger partial charge in [-0.25, -0.2) is 22.8 Å². The van der Waals surface area contributed by atoms with Crippen LogP contribution in [0.4, 0.5) is 0 Å². The lowest BCUT2D eigenvalue weighted by Gasteiger charge is -2.38. The van der Waals surface area contributed by atoms with Crippen molar-refractivity contribution in [1.82, 2.24) is 25.0 Å². The Balaban J connectivity index is 1.11. The van der Waals surface area contributed by atoms with Gasteiger partial charge in [-0.15, -0.1) is 0 Å². The van der Waals surface area contributed by atoms with Crippen LogP contribution < -0.4 is 20.4 Å². The first-order valence-corrected chi connectivity index (χ1v) is 15.7. The standard InChI is InChI=1S/C26H42N6O4S/c1-16(33)24-30-20-14-28-23-19(5-9-27-23)22(20)32(24)31-10-6-17(7-11-31)13-29-37(35,36)15-26-8-4-18(12-21(26)34)25(26,2)3/h16-19,23,27-29,33H,4-15H2,1-3H3/t16-,18-,19?,23?,26-/m1/s1. The summed E-state index contributed by atoms with van der Waals surface area (Å²) in [7, 11) is -3.56. The molecule has 37 heavy (non-hydrogen) atoms. The number of nitrogens with zero attached hydrogens (tertiary/aromatic N) is 3. The molecule has 2 saturated heterocycles. The van der Waals surface area contributed by atoms with Crippen molar-refractivity contribution in [2.75, 3.05) is 36.9 Å². The van der Waals surface area contributed by atoms with Crippen LogP contribution in [0, 0.1) is 22.7 Å². The molecule has 0 amide bonds. The Bertz CT molecular complexity index is 1170. The molecule has 11 heteroatoms. The predicted octanol–water partition coefficient (Wildman–Crippen LogP) is 1.11. The molecule has 10 nitrogen and oxygen atoms in total. The molecule has 1 aromatic rings. The number of hydrogen-bond acceptors (Lipinski definition) is 8. The van der Waals surface area contributed by atoms with Crippen LogP contribution in [0.25, 0.3) is 0 Å². The molecular formula is C26H42N6O4S. The molecule has 3 aliphatic heterocycles. The Morgan fingerprint density at radius 1 is 1.19 bits per heavy atom. The van der Waals surface area contributed by atoms with Crippen molar-refractivity contribution in [3.63, 3.8) is 0 Å². The SMILES string of the molecule is C[C@@H](O)c1nc2c(n1N1CCC(CNS(=O)(=O)C[C@]34CC[C@H](CC3=O)C4(C)C)CC1)C1CCNC1NC2. The number of piperidine rings is 1. The third-order valence-electron chi connectivity index (χ3n) is 10.5. The number of aliphatic hydroxyl groups is 1. The fraction of sp³-hybridized carbons (Fsp3) is 0.846. The molecule has 5 aliphatic rings. The first-order valence-electron chi connectivity index (χ1n) is 14.0. The van der Waals surface area contributed by atoms with Crippen molar-refractivity contribution in [2.24, 2.45) is 22.7 Å². The number of carbonyl (C=O) groups excluding carboxylic acids is 1. The van der Waals surface area contributed by atoms with Gasteiger partial charge in [0, 0.05) is 43.9 Å². The molecule has 0 spiro atoms. The van der Waals surface area contributed by atoms with Gasteiger partial charge in [-0.2, -0.15) is 0 Å². The zero-order chi connectivity index (χ0) is 26.2. The number of fused-ring (bicyclic) bond motifs is 5. The topological polar surface area (TPSA) is 129 Å². The number of hydrogen-bond donors (Lipinski definition) is 4. The van der Waals surface area contributed by atoms with Gasteiger partial charge >= 0.3 is 0 Å². The Hall–Kier alpha value is -1.53. The fourth-order valence-electron chi connectivity index (χ4n) is 8.03. The minimum atomic E-state index is -3.56. The van der Waals surface area contributed by atoms with Gasteiger partial charge in [-0.05, 0) is 62.8 Å². The number of aromatic nitrogens is 2. The van der Waals surface area contributed by atoms with Crippen LogP contribution in [-0.4, -0.2) is 67.1 Å². The van der Waals surface area contributed by atoms with Gasteiger partial charge in [-0.3, -0.25) is 10.1 Å². The van der Waals surface area contributed by atoms with Crippen LogP contribution in [0.3, 0.4) is 0 Å². The minimum Gasteiger partial charge on any atom is -0.385 e. The molecule has 5 atom stereocenters. The maximum atomic E-state index is 13.2. The van der Waals surface area contributed by atoms with E-state index >= 15 is 0 Å². The summed E-state index contributed by atoms with van der Waals surface area (Å²) in [5.74, 6) is 1.63. The summed E-state index contributed by atoms with van der Waals surface area (Å²) in [6.07, 6.45) is 4.50.